The zero-order chi connectivity index (χ0) is 8.60. The lowest BCUT2D eigenvalue weighted by molar-refractivity contribution is -0.00425. The third-order valence-electron chi connectivity index (χ3n) is 1.72. The Balaban J connectivity index is 2.41. The highest BCUT2D eigenvalue weighted by Gasteiger charge is 2.34. The van der Waals surface area contributed by atoms with Gasteiger partial charge in [0.2, 0.25) is 0 Å². The number of terminal acetylenes is 1. The van der Waals surface area contributed by atoms with Crippen LogP contribution in [-0.4, -0.2) is 5.79 Å². The average Bonchev–Trinajstić information content (AvgIpc) is 2.42. The molecule has 1 heterocycles. The van der Waals surface area contributed by atoms with Crippen LogP contribution in [0.2, 0.25) is 0 Å². The normalized spacial score (nSPS) is 17.0. The third-order valence-corrected chi connectivity index (χ3v) is 1.72. The van der Waals surface area contributed by atoms with Crippen LogP contribution >= 0.6 is 0 Å². The molecule has 0 radical (unpaired) electrons. The summed E-state index contributed by atoms with van der Waals surface area (Å²) in [4.78, 5) is 0. The van der Waals surface area contributed by atoms with Gasteiger partial charge in [0.05, 0.1) is 0 Å². The molecular formula is C10H8O2. The van der Waals surface area contributed by atoms with Gasteiger partial charge in [0.1, 0.15) is 0 Å². The van der Waals surface area contributed by atoms with Gasteiger partial charge in [0.15, 0.2) is 11.5 Å². The maximum Gasteiger partial charge on any atom is 0.313 e. The van der Waals surface area contributed by atoms with Crippen molar-refractivity contribution in [2.24, 2.45) is 0 Å². The van der Waals surface area contributed by atoms with Crippen LogP contribution in [0, 0.1) is 12.3 Å². The second kappa shape index (κ2) is 2.18. The van der Waals surface area contributed by atoms with E-state index in [2.05, 4.69) is 5.92 Å². The number of ether oxygens (including phenoxy) is 2. The Hall–Kier alpha value is -1.62. The zero-order valence-corrected chi connectivity index (χ0v) is 6.70. The zero-order valence-electron chi connectivity index (χ0n) is 6.70. The van der Waals surface area contributed by atoms with Crippen LogP contribution in [0.3, 0.4) is 0 Å². The van der Waals surface area contributed by atoms with Crippen LogP contribution in [0.4, 0.5) is 0 Å². The maximum atomic E-state index is 5.39. The van der Waals surface area contributed by atoms with Crippen LogP contribution in [0.25, 0.3) is 0 Å². The molecule has 0 aliphatic carbocycles. The standard InChI is InChI=1S/C10H8O2/c1-3-10(2)11-8-6-4-5-7-9(8)12-10/h1,4-7H,2H3. The first-order valence-electron chi connectivity index (χ1n) is 3.68. The molecule has 2 heteroatoms. The van der Waals surface area contributed by atoms with Gasteiger partial charge < -0.3 is 9.47 Å². The fraction of sp³-hybridized carbons (Fsp3) is 0.200. The predicted octanol–water partition coefficient (Wildman–Crippen LogP) is 1.81. The first-order valence-corrected chi connectivity index (χ1v) is 3.68. The fourth-order valence-electron chi connectivity index (χ4n) is 1.12. The molecule has 1 aliphatic rings. The molecule has 0 bridgehead atoms. The monoisotopic (exact) mass is 160 g/mol. The molecule has 0 spiro atoms. The minimum Gasteiger partial charge on any atom is -0.438 e. The van der Waals surface area contributed by atoms with Crippen LogP contribution in [0.5, 0.6) is 11.5 Å². The van der Waals surface area contributed by atoms with E-state index in [0.717, 1.165) is 0 Å². The predicted molar refractivity (Wildman–Crippen MR) is 44.9 cm³/mol. The molecule has 2 rings (SSSR count). The second-order valence-electron chi connectivity index (χ2n) is 2.74. The van der Waals surface area contributed by atoms with Crippen LogP contribution in [0.15, 0.2) is 24.3 Å². The molecule has 12 heavy (non-hydrogen) atoms. The summed E-state index contributed by atoms with van der Waals surface area (Å²) in [5.74, 6) is 2.93. The van der Waals surface area contributed by atoms with Crippen molar-refractivity contribution in [1.82, 2.24) is 0 Å². The lowest BCUT2D eigenvalue weighted by Crippen LogP contribution is -2.32. The molecule has 60 valence electrons. The van der Waals surface area contributed by atoms with E-state index in [1.54, 1.807) is 6.92 Å². The molecule has 1 aliphatic heterocycles. The quantitative estimate of drug-likeness (QED) is 0.539. The molecule has 0 saturated carbocycles. The van der Waals surface area contributed by atoms with Gasteiger partial charge in [-0.05, 0) is 18.1 Å². The summed E-state index contributed by atoms with van der Waals surface area (Å²) in [6.07, 6.45) is 5.25. The van der Waals surface area contributed by atoms with Crippen molar-refractivity contribution < 1.29 is 9.47 Å². The van der Waals surface area contributed by atoms with Crippen molar-refractivity contribution in [3.8, 4) is 23.8 Å². The Morgan fingerprint density at radius 1 is 1.25 bits per heavy atom. The highest BCUT2D eigenvalue weighted by molar-refractivity contribution is 5.44. The summed E-state index contributed by atoms with van der Waals surface area (Å²) in [5.41, 5.74) is 0. The maximum absolute atomic E-state index is 5.39. The lowest BCUT2D eigenvalue weighted by Gasteiger charge is -2.14. The Kier molecular flexibility index (Phi) is 1.28. The minimum absolute atomic E-state index is 0.706. The Bertz CT molecular complexity index is 324. The Morgan fingerprint density at radius 3 is 2.17 bits per heavy atom. The molecule has 0 amide bonds. The van der Waals surface area contributed by atoms with Crippen molar-refractivity contribution in [2.45, 2.75) is 12.7 Å². The van der Waals surface area contributed by atoms with Gasteiger partial charge in [-0.15, -0.1) is 6.42 Å². The van der Waals surface area contributed by atoms with Crippen molar-refractivity contribution in [2.75, 3.05) is 0 Å². The molecule has 1 aromatic rings. The van der Waals surface area contributed by atoms with E-state index < -0.39 is 5.79 Å². The molecule has 0 fully saturated rings. The summed E-state index contributed by atoms with van der Waals surface area (Å²) in [6, 6.07) is 7.42. The third kappa shape index (κ3) is 0.911. The van der Waals surface area contributed by atoms with E-state index in [9.17, 15) is 0 Å². The average molecular weight is 160 g/mol. The molecular weight excluding hydrogens is 152 g/mol. The number of rotatable bonds is 0. The van der Waals surface area contributed by atoms with Gasteiger partial charge in [-0.25, -0.2) is 0 Å². The van der Waals surface area contributed by atoms with Gasteiger partial charge >= 0.3 is 5.79 Å². The number of fused-ring (bicyclic) bond motifs is 1. The second-order valence-corrected chi connectivity index (χ2v) is 2.74. The highest BCUT2D eigenvalue weighted by Crippen LogP contribution is 2.38. The molecule has 1 aromatic carbocycles. The summed E-state index contributed by atoms with van der Waals surface area (Å²) in [5, 5.41) is 0. The lowest BCUT2D eigenvalue weighted by atomic mass is 10.3. The molecule has 0 aromatic heterocycles. The molecule has 0 atom stereocenters. The first kappa shape index (κ1) is 7.05. The highest BCUT2D eigenvalue weighted by atomic mass is 16.7. The molecule has 0 unspecified atom stereocenters. The Labute approximate surface area is 71.1 Å². The smallest absolute Gasteiger partial charge is 0.313 e. The number of hydrogen-bond acceptors (Lipinski definition) is 2. The number of para-hydroxylation sites is 2. The van der Waals surface area contributed by atoms with Gasteiger partial charge in [-0.2, -0.15) is 0 Å². The Morgan fingerprint density at radius 2 is 1.75 bits per heavy atom. The van der Waals surface area contributed by atoms with E-state index in [4.69, 9.17) is 15.9 Å². The first-order chi connectivity index (χ1) is 5.73. The van der Waals surface area contributed by atoms with Crippen LogP contribution < -0.4 is 9.47 Å². The largest absolute Gasteiger partial charge is 0.438 e. The van der Waals surface area contributed by atoms with E-state index in [-0.39, 0.29) is 0 Å². The van der Waals surface area contributed by atoms with Crippen molar-refractivity contribution in [3.63, 3.8) is 0 Å². The van der Waals surface area contributed by atoms with Gasteiger partial charge in [-0.1, -0.05) is 12.1 Å². The van der Waals surface area contributed by atoms with Gasteiger partial charge in [0, 0.05) is 6.92 Å². The minimum atomic E-state index is -0.927. The van der Waals surface area contributed by atoms with Gasteiger partial charge in [-0.3, -0.25) is 0 Å². The topological polar surface area (TPSA) is 18.5 Å². The van der Waals surface area contributed by atoms with Crippen molar-refractivity contribution >= 4 is 0 Å². The van der Waals surface area contributed by atoms with E-state index >= 15 is 0 Å². The molecule has 0 N–H and O–H groups in total. The summed E-state index contributed by atoms with van der Waals surface area (Å²) in [6.45, 7) is 1.72. The molecule has 2 nitrogen and oxygen atoms in total. The molecule has 0 saturated heterocycles. The van der Waals surface area contributed by atoms with Crippen LogP contribution in [0.1, 0.15) is 6.92 Å². The summed E-state index contributed by atoms with van der Waals surface area (Å²) >= 11 is 0. The van der Waals surface area contributed by atoms with Crippen molar-refractivity contribution in [3.05, 3.63) is 24.3 Å². The van der Waals surface area contributed by atoms with Gasteiger partial charge in [0.25, 0.3) is 0 Å². The summed E-state index contributed by atoms with van der Waals surface area (Å²) < 4.78 is 10.8. The van der Waals surface area contributed by atoms with E-state index in [1.165, 1.54) is 0 Å². The van der Waals surface area contributed by atoms with Crippen LogP contribution in [-0.2, 0) is 0 Å². The fourth-order valence-corrected chi connectivity index (χ4v) is 1.12. The van der Waals surface area contributed by atoms with E-state index in [1.807, 2.05) is 24.3 Å². The SMILES string of the molecule is C#CC1(C)Oc2ccccc2O1. The number of hydrogen-bond donors (Lipinski definition) is 0. The number of benzene rings is 1. The summed E-state index contributed by atoms with van der Waals surface area (Å²) in [7, 11) is 0. The van der Waals surface area contributed by atoms with E-state index in [0.29, 0.717) is 11.5 Å². The van der Waals surface area contributed by atoms with Crippen molar-refractivity contribution in [1.29, 1.82) is 0 Å².